The van der Waals surface area contributed by atoms with Crippen molar-refractivity contribution in [3.05, 3.63) is 148 Å². The van der Waals surface area contributed by atoms with Crippen molar-refractivity contribution in [2.45, 2.75) is 49.5 Å². The summed E-state index contributed by atoms with van der Waals surface area (Å²) in [7, 11) is -4.89. The number of nitro benzene ring substituents is 1. The minimum atomic E-state index is -4.15. The number of hydrogen-bond acceptors (Lipinski definition) is 14. The Hall–Kier alpha value is -4.56. The van der Waals surface area contributed by atoms with Crippen LogP contribution in [0.25, 0.3) is 11.1 Å². The van der Waals surface area contributed by atoms with E-state index in [2.05, 4.69) is 25.1 Å². The highest BCUT2D eigenvalue weighted by molar-refractivity contribution is 7.99. The molecule has 0 aliphatic carbocycles. The van der Waals surface area contributed by atoms with Crippen molar-refractivity contribution in [3.8, 4) is 11.1 Å². The highest BCUT2D eigenvalue weighted by Gasteiger charge is 2.33. The van der Waals surface area contributed by atoms with Gasteiger partial charge in [-0.1, -0.05) is 66.2 Å². The van der Waals surface area contributed by atoms with Crippen LogP contribution < -0.4 is 20.6 Å². The molecule has 2 unspecified atom stereocenters. The maximum absolute atomic E-state index is 14.5. The van der Waals surface area contributed by atoms with E-state index in [1.165, 1.54) is 18.2 Å². The van der Waals surface area contributed by atoms with Crippen LogP contribution in [-0.2, 0) is 27.3 Å². The van der Waals surface area contributed by atoms with Crippen LogP contribution in [0.4, 0.5) is 17.1 Å². The number of benzene rings is 5. The van der Waals surface area contributed by atoms with Crippen LogP contribution in [0.5, 0.6) is 0 Å². The fraction of sp³-hybridized carbons (Fsp3) is 0.340. The van der Waals surface area contributed by atoms with Crippen LogP contribution in [0.15, 0.2) is 126 Å². The second-order valence-corrected chi connectivity index (χ2v) is 20.4. The molecule has 15 nitrogen and oxygen atoms in total. The molecule has 1 amide bonds. The van der Waals surface area contributed by atoms with E-state index in [1.807, 2.05) is 91.0 Å². The van der Waals surface area contributed by atoms with E-state index >= 15 is 0 Å². The number of piperidine rings is 1. The summed E-state index contributed by atoms with van der Waals surface area (Å²) in [5, 5.41) is 19.2. The molecule has 0 spiro atoms. The number of halogens is 1. The van der Waals surface area contributed by atoms with Crippen molar-refractivity contribution < 1.29 is 37.0 Å². The smallest absolute Gasteiger partial charge is 0.329 e. The van der Waals surface area contributed by atoms with Gasteiger partial charge in [0.2, 0.25) is 0 Å². The van der Waals surface area contributed by atoms with E-state index in [9.17, 15) is 28.6 Å². The summed E-state index contributed by atoms with van der Waals surface area (Å²) in [6.45, 7) is 6.38. The Morgan fingerprint density at radius 1 is 0.896 bits per heavy atom. The maximum Gasteiger partial charge on any atom is 0.329 e. The molecule has 0 bridgehead atoms. The number of nitro groups is 1. The number of nitrogens with one attached hydrogen (secondary N) is 2. The molecule has 5 aromatic carbocycles. The van der Waals surface area contributed by atoms with Crippen LogP contribution >= 0.6 is 48.3 Å². The zero-order valence-electron chi connectivity index (χ0n) is 36.9. The third-order valence-corrected chi connectivity index (χ3v) is 16.0. The number of anilines is 2. The molecular weight excluding hydrogens is 953 g/mol. The van der Waals surface area contributed by atoms with Crippen molar-refractivity contribution in [2.75, 3.05) is 68.4 Å². The maximum atomic E-state index is 14.5. The number of amides is 1. The van der Waals surface area contributed by atoms with Crippen LogP contribution in [-0.4, -0.2) is 90.9 Å². The summed E-state index contributed by atoms with van der Waals surface area (Å²) in [4.78, 5) is 33.5. The number of piperazine rings is 1. The zero-order valence-corrected chi connectivity index (χ0v) is 41.1. The largest absolute Gasteiger partial charge is 0.376 e. The monoisotopic (exact) mass is 1000 g/mol. The van der Waals surface area contributed by atoms with Gasteiger partial charge in [0.25, 0.3) is 11.6 Å². The highest BCUT2D eigenvalue weighted by atomic mass is 35.5. The molecule has 2 aliphatic heterocycles. The van der Waals surface area contributed by atoms with E-state index < -0.39 is 33.3 Å². The predicted octanol–water partition coefficient (Wildman–Crippen LogP) is 10.9. The Balaban J connectivity index is 1.00. The van der Waals surface area contributed by atoms with Gasteiger partial charge in [0.05, 0.1) is 22.9 Å². The number of nitrogens with zero attached hydrogens (tertiary/aromatic N) is 4. The number of hydrogen-bond donors (Lipinski definition) is 2. The van der Waals surface area contributed by atoms with Gasteiger partial charge in [-0.05, 0) is 98.0 Å². The number of carbonyl (C=O) groups is 1. The van der Waals surface area contributed by atoms with Gasteiger partial charge in [0.1, 0.15) is 5.69 Å². The molecule has 0 radical (unpaired) electrons. The number of likely N-dealkylation sites (tertiary alicyclic amines) is 1. The lowest BCUT2D eigenvalue weighted by Crippen LogP contribution is -2.48. The van der Waals surface area contributed by atoms with Crippen LogP contribution in [0, 0.1) is 10.1 Å². The predicted molar refractivity (Wildman–Crippen MR) is 265 cm³/mol. The fourth-order valence-electron chi connectivity index (χ4n) is 8.30. The summed E-state index contributed by atoms with van der Waals surface area (Å²) >= 11 is 7.80. The Bertz CT molecular complexity index is 2500. The van der Waals surface area contributed by atoms with Crippen LogP contribution in [0.1, 0.15) is 48.3 Å². The molecule has 2 heterocycles. The molecule has 5 aromatic rings. The number of carbonyl (C=O) groups excluding carboxylic acids is 1. The molecule has 352 valence electrons. The van der Waals surface area contributed by atoms with Crippen molar-refractivity contribution in [2.24, 2.45) is 0 Å². The SMILES string of the molecule is CCOP(=O)(NC(=O)c1ccc(N2CCN(C(OP=O)c3ccccc3-c3ccc(Cl)cc3)CC2)cc1)c1ccc(N[C@H](CCN2CCC(OP=O)CC2)CSc2ccccc2)c([N+](=O)[O-])c1. The summed E-state index contributed by atoms with van der Waals surface area (Å²) < 4.78 is 54.0. The van der Waals surface area contributed by atoms with Crippen LogP contribution in [0.3, 0.4) is 0 Å². The lowest BCUT2D eigenvalue weighted by molar-refractivity contribution is -0.383. The molecule has 2 N–H and O–H groups in total. The molecule has 2 fully saturated rings. The summed E-state index contributed by atoms with van der Waals surface area (Å²) in [5.41, 5.74) is 3.87. The highest BCUT2D eigenvalue weighted by Crippen LogP contribution is 2.44. The molecule has 20 heteroatoms. The number of thioether (sulfide) groups is 1. The van der Waals surface area contributed by atoms with Crippen molar-refractivity contribution >= 4 is 76.5 Å². The minimum absolute atomic E-state index is 0.0123. The average Bonchev–Trinajstić information content (AvgIpc) is 3.35. The van der Waals surface area contributed by atoms with E-state index in [0.29, 0.717) is 43.4 Å². The standard InChI is InChI=1S/C47H52ClN6O9P3S/c1-2-61-66(60,40-20-21-44(45(32-40)54(56)57)49-37(33-67-41-8-4-3-5-9-41)22-25-51-26-23-39(24-27-51)62-64-58)50-46(55)35-14-18-38(19-15-35)52-28-30-53(31-29-52)47(63-65-59)43-11-7-6-10-42(43)34-12-16-36(48)17-13-34/h3-21,32,37,39,47,49H,2,22-31,33H2,1H3,(H,50,55,60)/t37-,47?,66?/m1/s1. The first-order chi connectivity index (χ1) is 32.6. The summed E-state index contributed by atoms with van der Waals surface area (Å²) in [5.74, 6) is -0.0335. The first kappa shape index (κ1) is 50.3. The Labute approximate surface area is 403 Å². The Morgan fingerprint density at radius 3 is 2.27 bits per heavy atom. The van der Waals surface area contributed by atoms with Gasteiger partial charge in [-0.2, -0.15) is 0 Å². The van der Waals surface area contributed by atoms with Gasteiger partial charge in [-0.3, -0.25) is 38.5 Å². The van der Waals surface area contributed by atoms with Gasteiger partial charge < -0.3 is 19.6 Å². The van der Waals surface area contributed by atoms with Gasteiger partial charge in [0, 0.05) is 90.4 Å². The van der Waals surface area contributed by atoms with Gasteiger partial charge in [-0.25, -0.2) is 9.13 Å². The average molecular weight is 1010 g/mol. The van der Waals surface area contributed by atoms with Crippen molar-refractivity contribution in [3.63, 3.8) is 0 Å². The van der Waals surface area contributed by atoms with E-state index in [-0.39, 0.29) is 49.7 Å². The molecular formula is C47H52ClN6O9P3S. The molecule has 67 heavy (non-hydrogen) atoms. The van der Waals surface area contributed by atoms with Gasteiger partial charge in [-0.15, -0.1) is 11.8 Å². The normalized spacial score (nSPS) is 16.9. The number of rotatable bonds is 22. The van der Waals surface area contributed by atoms with Crippen molar-refractivity contribution in [1.29, 1.82) is 0 Å². The molecule has 3 atom stereocenters. The Morgan fingerprint density at radius 2 is 1.60 bits per heavy atom. The molecule has 2 saturated heterocycles. The molecule has 7 rings (SSSR count). The summed E-state index contributed by atoms with van der Waals surface area (Å²) in [6, 6.07) is 36.3. The third kappa shape index (κ3) is 13.6. The van der Waals surface area contributed by atoms with Crippen LogP contribution in [0.2, 0.25) is 5.02 Å². The lowest BCUT2D eigenvalue weighted by atomic mass is 9.98. The van der Waals surface area contributed by atoms with Gasteiger partial charge in [0.15, 0.2) is 6.23 Å². The first-order valence-corrected chi connectivity index (χ1v) is 26.5. The van der Waals surface area contributed by atoms with E-state index in [4.69, 9.17) is 25.2 Å². The Kier molecular flexibility index (Phi) is 18.5. The first-order valence-electron chi connectivity index (χ1n) is 22.0. The molecule has 2 aliphatic rings. The lowest BCUT2D eigenvalue weighted by Gasteiger charge is -2.39. The van der Waals surface area contributed by atoms with Crippen molar-refractivity contribution in [1.82, 2.24) is 14.9 Å². The topological polar surface area (TPSA) is 173 Å². The minimum Gasteiger partial charge on any atom is -0.376 e. The second-order valence-electron chi connectivity index (χ2n) is 16.0. The third-order valence-electron chi connectivity index (χ3n) is 11.8. The van der Waals surface area contributed by atoms with Gasteiger partial charge >= 0.3 is 24.9 Å². The summed E-state index contributed by atoms with van der Waals surface area (Å²) in [6.07, 6.45) is 1.62. The molecule has 0 aromatic heterocycles. The second kappa shape index (κ2) is 24.6. The molecule has 0 saturated carbocycles. The van der Waals surface area contributed by atoms with E-state index in [1.54, 1.807) is 30.8 Å². The zero-order chi connectivity index (χ0) is 47.2. The fourth-order valence-corrected chi connectivity index (χ4v) is 11.7. The quantitative estimate of drug-likeness (QED) is 0.0290. The van der Waals surface area contributed by atoms with E-state index in [0.717, 1.165) is 59.7 Å².